The number of halogens is 1. The van der Waals surface area contributed by atoms with Crippen molar-refractivity contribution >= 4 is 74.8 Å². The van der Waals surface area contributed by atoms with Crippen molar-refractivity contribution in [1.82, 2.24) is 4.90 Å². The van der Waals surface area contributed by atoms with Crippen molar-refractivity contribution in [1.29, 1.82) is 0 Å². The van der Waals surface area contributed by atoms with Crippen LogP contribution >= 0.6 is 34.4 Å². The lowest BCUT2D eigenvalue weighted by Gasteiger charge is -2.13. The molecular formula is C27H20IN3O8S. The third-order valence-corrected chi connectivity index (χ3v) is 6.99. The molecule has 3 aromatic rings. The molecule has 0 spiro atoms. The number of carbonyl (C=O) groups excluding carboxylic acids is 4. The number of thioether (sulfide) groups is 1. The molecule has 1 N–H and O–H groups in total. The monoisotopic (exact) mass is 673 g/mol. The highest BCUT2D eigenvalue weighted by Crippen LogP contribution is 2.35. The summed E-state index contributed by atoms with van der Waals surface area (Å²) in [6.07, 6.45) is 1.47. The number of nitro groups is 1. The molecule has 3 amide bonds. The minimum atomic E-state index is -0.818. The first kappa shape index (κ1) is 28.8. The lowest BCUT2D eigenvalue weighted by molar-refractivity contribution is -0.384. The highest BCUT2D eigenvalue weighted by molar-refractivity contribution is 14.1. The van der Waals surface area contributed by atoms with Gasteiger partial charge < -0.3 is 14.8 Å². The molecule has 1 fully saturated rings. The Bertz CT molecular complexity index is 1540. The van der Waals surface area contributed by atoms with Gasteiger partial charge in [0.1, 0.15) is 6.54 Å². The summed E-state index contributed by atoms with van der Waals surface area (Å²) in [4.78, 5) is 61.8. The molecule has 11 nitrogen and oxygen atoms in total. The van der Waals surface area contributed by atoms with E-state index < -0.39 is 34.5 Å². The van der Waals surface area contributed by atoms with E-state index in [4.69, 9.17) is 9.47 Å². The third-order valence-electron chi connectivity index (χ3n) is 5.36. The van der Waals surface area contributed by atoms with Gasteiger partial charge in [0.2, 0.25) is 5.91 Å². The largest absolute Gasteiger partial charge is 0.490 e. The number of hydrogen-bond donors (Lipinski definition) is 1. The maximum absolute atomic E-state index is 12.9. The van der Waals surface area contributed by atoms with Crippen molar-refractivity contribution in [3.05, 3.63) is 96.4 Å². The predicted molar refractivity (Wildman–Crippen MR) is 156 cm³/mol. The number of benzene rings is 3. The first-order chi connectivity index (χ1) is 19.1. The van der Waals surface area contributed by atoms with Crippen LogP contribution in [-0.2, 0) is 9.59 Å². The fraction of sp³-hybridized carbons (Fsp3) is 0.111. The molecule has 0 unspecified atom stereocenters. The summed E-state index contributed by atoms with van der Waals surface area (Å²) in [6.45, 7) is 1.52. The highest BCUT2D eigenvalue weighted by atomic mass is 127. The maximum Gasteiger partial charge on any atom is 0.343 e. The van der Waals surface area contributed by atoms with Crippen molar-refractivity contribution in [2.75, 3.05) is 18.5 Å². The molecule has 0 radical (unpaired) electrons. The Morgan fingerprint density at radius 3 is 2.52 bits per heavy atom. The van der Waals surface area contributed by atoms with Crippen LogP contribution in [0.15, 0.2) is 71.6 Å². The number of nitrogens with zero attached hydrogens (tertiary/aromatic N) is 2. The fourth-order valence-corrected chi connectivity index (χ4v) is 4.74. The van der Waals surface area contributed by atoms with Gasteiger partial charge in [-0.15, -0.1) is 0 Å². The smallest absolute Gasteiger partial charge is 0.343 e. The fourth-order valence-electron chi connectivity index (χ4n) is 3.54. The minimum Gasteiger partial charge on any atom is -0.490 e. The molecule has 13 heteroatoms. The second-order valence-electron chi connectivity index (χ2n) is 8.16. The zero-order chi connectivity index (χ0) is 28.8. The molecular weight excluding hydrogens is 653 g/mol. The van der Waals surface area contributed by atoms with Crippen LogP contribution in [0, 0.1) is 13.7 Å². The summed E-state index contributed by atoms with van der Waals surface area (Å²) in [5, 5.41) is 13.1. The lowest BCUT2D eigenvalue weighted by Crippen LogP contribution is -2.36. The van der Waals surface area contributed by atoms with E-state index in [1.807, 2.05) is 12.1 Å². The van der Waals surface area contributed by atoms with E-state index in [1.54, 1.807) is 25.1 Å². The van der Waals surface area contributed by atoms with Gasteiger partial charge in [-0.3, -0.25) is 29.4 Å². The molecule has 0 aromatic heterocycles. The molecule has 1 saturated heterocycles. The SMILES string of the molecule is CCOc1cc(/C=C2\SC(=O)N(CC(=O)Nc3ccc(I)cc3)C2=O)ccc1OC(=O)c1cccc([N+](=O)[O-])c1. The topological polar surface area (TPSA) is 145 Å². The van der Waals surface area contributed by atoms with Gasteiger partial charge >= 0.3 is 5.97 Å². The quantitative estimate of drug-likeness (QED) is 0.0778. The molecule has 4 rings (SSSR count). The van der Waals surface area contributed by atoms with Crippen molar-refractivity contribution < 1.29 is 33.6 Å². The molecule has 204 valence electrons. The number of rotatable bonds is 9. The zero-order valence-corrected chi connectivity index (χ0v) is 23.8. The van der Waals surface area contributed by atoms with Crippen molar-refractivity contribution in [3.63, 3.8) is 0 Å². The summed E-state index contributed by atoms with van der Waals surface area (Å²) in [5.41, 5.74) is 0.756. The van der Waals surface area contributed by atoms with Crippen LogP contribution < -0.4 is 14.8 Å². The van der Waals surface area contributed by atoms with E-state index in [0.717, 1.165) is 14.5 Å². The Hall–Kier alpha value is -4.24. The summed E-state index contributed by atoms with van der Waals surface area (Å²) < 4.78 is 12.0. The Balaban J connectivity index is 1.48. The number of non-ortho nitro benzene ring substituents is 1. The molecule has 40 heavy (non-hydrogen) atoms. The van der Waals surface area contributed by atoms with Crippen LogP contribution in [0.3, 0.4) is 0 Å². The zero-order valence-electron chi connectivity index (χ0n) is 20.8. The molecule has 1 heterocycles. The summed E-state index contributed by atoms with van der Waals surface area (Å²) in [7, 11) is 0. The Kier molecular flexibility index (Phi) is 9.16. The predicted octanol–water partition coefficient (Wildman–Crippen LogP) is 5.49. The van der Waals surface area contributed by atoms with Crippen LogP contribution in [0.4, 0.5) is 16.2 Å². The Morgan fingerprint density at radius 2 is 1.82 bits per heavy atom. The van der Waals surface area contributed by atoms with Gasteiger partial charge in [-0.05, 0) is 95.4 Å². The molecule has 1 aliphatic heterocycles. The van der Waals surface area contributed by atoms with E-state index >= 15 is 0 Å². The average molecular weight is 673 g/mol. The first-order valence-electron chi connectivity index (χ1n) is 11.7. The van der Waals surface area contributed by atoms with Crippen LogP contribution in [0.5, 0.6) is 11.5 Å². The molecule has 0 saturated carbocycles. The van der Waals surface area contributed by atoms with E-state index in [1.165, 1.54) is 36.4 Å². The van der Waals surface area contributed by atoms with E-state index in [0.29, 0.717) is 23.0 Å². The number of hydrogen-bond acceptors (Lipinski definition) is 9. The Morgan fingerprint density at radius 1 is 1.07 bits per heavy atom. The van der Waals surface area contributed by atoms with Crippen molar-refractivity contribution in [3.8, 4) is 11.5 Å². The van der Waals surface area contributed by atoms with Crippen LogP contribution in [-0.4, -0.2) is 46.0 Å². The molecule has 3 aromatic carbocycles. The van der Waals surface area contributed by atoms with E-state index in [2.05, 4.69) is 27.9 Å². The number of amides is 3. The molecule has 0 atom stereocenters. The maximum atomic E-state index is 12.9. The summed E-state index contributed by atoms with van der Waals surface area (Å²) in [6, 6.07) is 16.7. The molecule has 0 bridgehead atoms. The first-order valence-corrected chi connectivity index (χ1v) is 13.6. The summed E-state index contributed by atoms with van der Waals surface area (Å²) in [5.74, 6) is -1.70. The number of ether oxygens (including phenoxy) is 2. The third kappa shape index (κ3) is 7.04. The second-order valence-corrected chi connectivity index (χ2v) is 10.4. The number of esters is 1. The van der Waals surface area contributed by atoms with Crippen LogP contribution in [0.2, 0.25) is 0 Å². The van der Waals surface area contributed by atoms with Gasteiger partial charge in [0.05, 0.1) is 22.0 Å². The minimum absolute atomic E-state index is 0.0135. The van der Waals surface area contributed by atoms with Crippen molar-refractivity contribution in [2.45, 2.75) is 6.92 Å². The van der Waals surface area contributed by atoms with Gasteiger partial charge in [-0.1, -0.05) is 12.1 Å². The van der Waals surface area contributed by atoms with Crippen LogP contribution in [0.1, 0.15) is 22.8 Å². The normalized spacial score (nSPS) is 13.8. The van der Waals surface area contributed by atoms with E-state index in [9.17, 15) is 29.3 Å². The molecule has 1 aliphatic rings. The molecule has 0 aliphatic carbocycles. The van der Waals surface area contributed by atoms with E-state index in [-0.39, 0.29) is 34.3 Å². The van der Waals surface area contributed by atoms with Gasteiger partial charge in [-0.2, -0.15) is 0 Å². The second kappa shape index (κ2) is 12.7. The Labute approximate surface area is 245 Å². The van der Waals surface area contributed by atoms with Gasteiger partial charge in [0.25, 0.3) is 16.8 Å². The van der Waals surface area contributed by atoms with Gasteiger partial charge in [0.15, 0.2) is 11.5 Å². The van der Waals surface area contributed by atoms with Crippen LogP contribution in [0.25, 0.3) is 6.08 Å². The number of nitrogens with one attached hydrogen (secondary N) is 1. The highest BCUT2D eigenvalue weighted by Gasteiger charge is 2.36. The van der Waals surface area contributed by atoms with Gasteiger partial charge in [-0.25, -0.2) is 4.79 Å². The van der Waals surface area contributed by atoms with Gasteiger partial charge in [0, 0.05) is 21.4 Å². The number of nitro benzene ring substituents is 1. The lowest BCUT2D eigenvalue weighted by atomic mass is 10.1. The average Bonchev–Trinajstić information content (AvgIpc) is 3.18. The number of carbonyl (C=O) groups is 4. The standard InChI is InChI=1S/C27H20IN3O8S/c1-2-38-22-12-16(6-11-21(22)39-26(34)17-4-3-5-20(14-17)31(36)37)13-23-25(33)30(27(35)40-23)15-24(32)29-19-9-7-18(28)8-10-19/h3-14H,2,15H2,1H3,(H,29,32)/b23-13-. The summed E-state index contributed by atoms with van der Waals surface area (Å²) >= 11 is 2.83. The number of imide groups is 1. The number of anilines is 1. The van der Waals surface area contributed by atoms with Crippen molar-refractivity contribution in [2.24, 2.45) is 0 Å².